The lowest BCUT2D eigenvalue weighted by Gasteiger charge is -2.46. The third-order valence-corrected chi connectivity index (χ3v) is 7.45. The maximum atomic E-state index is 14.5. The number of ketones is 1. The van der Waals surface area contributed by atoms with Gasteiger partial charge in [-0.2, -0.15) is 0 Å². The van der Waals surface area contributed by atoms with Crippen LogP contribution in [-0.2, 0) is 0 Å². The fourth-order valence-electron chi connectivity index (χ4n) is 5.57. The second-order valence-corrected chi connectivity index (χ2v) is 10.0. The Morgan fingerprint density at radius 3 is 1.73 bits per heavy atom. The van der Waals surface area contributed by atoms with Gasteiger partial charge in [-0.1, -0.05) is 91.0 Å². The zero-order chi connectivity index (χ0) is 28.2. The van der Waals surface area contributed by atoms with Gasteiger partial charge in [-0.3, -0.25) is 4.79 Å². The zero-order valence-electron chi connectivity index (χ0n) is 22.3. The van der Waals surface area contributed by atoms with Crippen molar-refractivity contribution >= 4 is 17.2 Å². The Labute approximate surface area is 238 Å². The van der Waals surface area contributed by atoms with E-state index in [0.29, 0.717) is 17.6 Å². The minimum atomic E-state index is -0.569. The lowest BCUT2D eigenvalue weighted by atomic mass is 9.81. The van der Waals surface area contributed by atoms with Crippen molar-refractivity contribution in [2.24, 2.45) is 0 Å². The monoisotopic (exact) mass is 542 g/mol. The second-order valence-electron chi connectivity index (χ2n) is 10.0. The van der Waals surface area contributed by atoms with Crippen molar-refractivity contribution in [3.8, 4) is 0 Å². The first-order valence-electron chi connectivity index (χ1n) is 13.6. The number of rotatable bonds is 7. The average Bonchev–Trinajstić information content (AvgIpc) is 3.02. The van der Waals surface area contributed by atoms with E-state index in [0.717, 1.165) is 28.2 Å². The lowest BCUT2D eigenvalue weighted by Crippen LogP contribution is -2.41. The maximum absolute atomic E-state index is 14.5. The van der Waals surface area contributed by atoms with Crippen LogP contribution in [0.4, 0.5) is 20.2 Å². The van der Waals surface area contributed by atoms with E-state index < -0.39 is 6.04 Å². The van der Waals surface area contributed by atoms with Crippen LogP contribution in [0.5, 0.6) is 0 Å². The topological polar surface area (TPSA) is 32.3 Å². The Morgan fingerprint density at radius 1 is 0.634 bits per heavy atom. The van der Waals surface area contributed by atoms with Gasteiger partial charge in [-0.05, 0) is 59.7 Å². The standard InChI is InChI=1S/C36H28F2N2O/c37-28-20-16-25(17-21-28)33-24-32(39-30-12-6-2-7-13-30)34(36(41)27-10-4-1-5-11-27)35(26-18-22-29(38)23-19-26)40(33)31-14-8-3-9-15-31/h1-23,33,35,39H,24H2. The highest BCUT2D eigenvalue weighted by atomic mass is 19.1. The highest BCUT2D eigenvalue weighted by Crippen LogP contribution is 2.48. The summed E-state index contributed by atoms with van der Waals surface area (Å²) in [6.07, 6.45) is 0.459. The van der Waals surface area contributed by atoms with Gasteiger partial charge in [-0.15, -0.1) is 0 Å². The third-order valence-electron chi connectivity index (χ3n) is 7.45. The van der Waals surface area contributed by atoms with Crippen LogP contribution in [0.3, 0.4) is 0 Å². The van der Waals surface area contributed by atoms with Crippen LogP contribution in [0.25, 0.3) is 0 Å². The van der Waals surface area contributed by atoms with Gasteiger partial charge in [0, 0.05) is 34.6 Å². The molecule has 0 aliphatic carbocycles. The summed E-state index contributed by atoms with van der Waals surface area (Å²) in [6.45, 7) is 0. The minimum Gasteiger partial charge on any atom is -0.358 e. The van der Waals surface area contributed by atoms with Gasteiger partial charge >= 0.3 is 0 Å². The molecule has 0 spiro atoms. The molecule has 202 valence electrons. The largest absolute Gasteiger partial charge is 0.358 e. The zero-order valence-corrected chi connectivity index (χ0v) is 22.3. The van der Waals surface area contributed by atoms with Crippen molar-refractivity contribution in [3.63, 3.8) is 0 Å². The maximum Gasteiger partial charge on any atom is 0.193 e. The molecule has 2 atom stereocenters. The first kappa shape index (κ1) is 26.2. The summed E-state index contributed by atoms with van der Waals surface area (Å²) in [4.78, 5) is 16.7. The lowest BCUT2D eigenvalue weighted by molar-refractivity contribution is 0.102. The molecule has 0 amide bonds. The number of carbonyl (C=O) groups excluding carboxylic acids is 1. The molecule has 5 heteroatoms. The number of Topliss-reactive ketones (excluding diaryl/α,β-unsaturated/α-hetero) is 1. The molecule has 1 heterocycles. The fourth-order valence-corrected chi connectivity index (χ4v) is 5.57. The number of hydrogen-bond donors (Lipinski definition) is 1. The summed E-state index contributed by atoms with van der Waals surface area (Å²) < 4.78 is 28.3. The second kappa shape index (κ2) is 11.6. The van der Waals surface area contributed by atoms with Crippen LogP contribution in [-0.4, -0.2) is 5.78 Å². The quantitative estimate of drug-likeness (QED) is 0.208. The molecule has 5 aromatic rings. The van der Waals surface area contributed by atoms with Crippen molar-refractivity contribution in [2.75, 3.05) is 10.2 Å². The Bertz CT molecular complexity index is 1650. The van der Waals surface area contributed by atoms with E-state index in [4.69, 9.17) is 0 Å². The summed E-state index contributed by atoms with van der Waals surface area (Å²) in [5.41, 5.74) is 5.33. The van der Waals surface area contributed by atoms with Gasteiger partial charge in [-0.25, -0.2) is 8.78 Å². The molecule has 6 rings (SSSR count). The first-order valence-corrected chi connectivity index (χ1v) is 13.6. The van der Waals surface area contributed by atoms with Crippen LogP contribution < -0.4 is 10.2 Å². The molecular weight excluding hydrogens is 514 g/mol. The number of benzene rings is 5. The molecule has 1 N–H and O–H groups in total. The highest BCUT2D eigenvalue weighted by Gasteiger charge is 2.41. The number of nitrogens with zero attached hydrogens (tertiary/aromatic N) is 1. The van der Waals surface area contributed by atoms with E-state index in [2.05, 4.69) is 10.2 Å². The molecular formula is C36H28F2N2O. The van der Waals surface area contributed by atoms with E-state index in [-0.39, 0.29) is 23.5 Å². The average molecular weight is 543 g/mol. The van der Waals surface area contributed by atoms with Crippen LogP contribution >= 0.6 is 0 Å². The number of hydrogen-bond acceptors (Lipinski definition) is 3. The summed E-state index contributed by atoms with van der Waals surface area (Å²) in [6, 6.07) is 40.8. The van der Waals surface area contributed by atoms with Crippen LogP contribution in [0.15, 0.2) is 151 Å². The normalized spacial score (nSPS) is 16.9. The Morgan fingerprint density at radius 2 is 1.15 bits per heavy atom. The van der Waals surface area contributed by atoms with Gasteiger partial charge in [0.2, 0.25) is 0 Å². The Hall–Kier alpha value is -5.03. The van der Waals surface area contributed by atoms with Gasteiger partial charge in [0.25, 0.3) is 0 Å². The Kier molecular flexibility index (Phi) is 7.42. The van der Waals surface area contributed by atoms with Crippen molar-refractivity contribution in [1.29, 1.82) is 0 Å². The summed E-state index contributed by atoms with van der Waals surface area (Å²) in [5.74, 6) is -0.783. The summed E-state index contributed by atoms with van der Waals surface area (Å²) in [5, 5.41) is 3.56. The number of halogens is 2. The predicted molar refractivity (Wildman–Crippen MR) is 160 cm³/mol. The molecule has 0 fully saturated rings. The smallest absolute Gasteiger partial charge is 0.193 e. The van der Waals surface area contributed by atoms with Crippen molar-refractivity contribution in [3.05, 3.63) is 179 Å². The van der Waals surface area contributed by atoms with Crippen molar-refractivity contribution < 1.29 is 13.6 Å². The van der Waals surface area contributed by atoms with E-state index in [1.54, 1.807) is 24.3 Å². The molecule has 0 aromatic heterocycles. The van der Waals surface area contributed by atoms with E-state index in [1.807, 2.05) is 91.0 Å². The number of anilines is 2. The molecule has 3 nitrogen and oxygen atoms in total. The molecule has 5 aromatic carbocycles. The van der Waals surface area contributed by atoms with Gasteiger partial charge in [0.1, 0.15) is 11.6 Å². The van der Waals surface area contributed by atoms with Gasteiger partial charge in [0.15, 0.2) is 5.78 Å². The van der Waals surface area contributed by atoms with Crippen LogP contribution in [0.2, 0.25) is 0 Å². The van der Waals surface area contributed by atoms with Crippen molar-refractivity contribution in [1.82, 2.24) is 0 Å². The molecule has 0 bridgehead atoms. The fraction of sp³-hybridized carbons (Fsp3) is 0.0833. The van der Waals surface area contributed by atoms with Crippen LogP contribution in [0, 0.1) is 11.6 Å². The number of nitrogens with one attached hydrogen (secondary N) is 1. The van der Waals surface area contributed by atoms with Crippen LogP contribution in [0.1, 0.15) is 40.0 Å². The SMILES string of the molecule is O=C(C1=C(Nc2ccccc2)CC(c2ccc(F)cc2)N(c2ccccc2)C1c1ccc(F)cc1)c1ccccc1. The minimum absolute atomic E-state index is 0.114. The molecule has 0 saturated heterocycles. The highest BCUT2D eigenvalue weighted by molar-refractivity contribution is 6.11. The van der Waals surface area contributed by atoms with E-state index >= 15 is 0 Å². The molecule has 1 aliphatic rings. The predicted octanol–water partition coefficient (Wildman–Crippen LogP) is 8.91. The first-order chi connectivity index (χ1) is 20.1. The summed E-state index contributed by atoms with van der Waals surface area (Å²) in [7, 11) is 0. The third kappa shape index (κ3) is 5.52. The summed E-state index contributed by atoms with van der Waals surface area (Å²) >= 11 is 0. The Balaban J connectivity index is 1.63. The molecule has 2 unspecified atom stereocenters. The molecule has 0 radical (unpaired) electrons. The number of para-hydroxylation sites is 2. The molecule has 0 saturated carbocycles. The molecule has 41 heavy (non-hydrogen) atoms. The number of carbonyl (C=O) groups is 1. The van der Waals surface area contributed by atoms with E-state index in [9.17, 15) is 13.6 Å². The molecule has 1 aliphatic heterocycles. The van der Waals surface area contributed by atoms with Crippen molar-refractivity contribution in [2.45, 2.75) is 18.5 Å². The van der Waals surface area contributed by atoms with Gasteiger partial charge < -0.3 is 10.2 Å². The van der Waals surface area contributed by atoms with E-state index in [1.165, 1.54) is 24.3 Å². The van der Waals surface area contributed by atoms with Gasteiger partial charge in [0.05, 0.1) is 12.1 Å².